The molecule has 1 atom stereocenters. The summed E-state index contributed by atoms with van der Waals surface area (Å²) in [6.07, 6.45) is 3.97. The van der Waals surface area contributed by atoms with Crippen LogP contribution in [0.4, 0.5) is 23.2 Å². The fourth-order valence-corrected chi connectivity index (χ4v) is 5.24. The lowest BCUT2D eigenvalue weighted by Crippen LogP contribution is -2.57. The van der Waals surface area contributed by atoms with Crippen molar-refractivity contribution in [2.24, 2.45) is 0 Å². The summed E-state index contributed by atoms with van der Waals surface area (Å²) in [5, 5.41) is 0.389. The highest BCUT2D eigenvalue weighted by Gasteiger charge is 2.56. The number of hydrogen-bond donors (Lipinski definition) is 0. The summed E-state index contributed by atoms with van der Waals surface area (Å²) in [6, 6.07) is 4.25. The number of Topliss-reactive ketones (excluding diaryl/α,β-unsaturated/α-hetero) is 1. The maximum atomic E-state index is 14.3. The molecule has 0 bridgehead atoms. The van der Waals surface area contributed by atoms with E-state index in [-0.39, 0.29) is 12.0 Å². The lowest BCUT2D eigenvalue weighted by atomic mass is 9.95. The van der Waals surface area contributed by atoms with E-state index >= 15 is 0 Å². The molecule has 0 N–H and O–H groups in total. The van der Waals surface area contributed by atoms with Crippen LogP contribution in [0.5, 0.6) is 5.75 Å². The molecule has 4 nitrogen and oxygen atoms in total. The third kappa shape index (κ3) is 3.21. The van der Waals surface area contributed by atoms with Gasteiger partial charge in [-0.2, -0.15) is 0 Å². The van der Waals surface area contributed by atoms with Crippen molar-refractivity contribution >= 4 is 22.4 Å². The first-order valence-electron chi connectivity index (χ1n) is 11.8. The van der Waals surface area contributed by atoms with Crippen molar-refractivity contribution in [1.29, 1.82) is 0 Å². The van der Waals surface area contributed by atoms with Gasteiger partial charge in [-0.15, -0.1) is 0 Å². The summed E-state index contributed by atoms with van der Waals surface area (Å²) in [6.45, 7) is 5.05. The van der Waals surface area contributed by atoms with Crippen molar-refractivity contribution in [2.75, 3.05) is 11.4 Å². The minimum Gasteiger partial charge on any atom is -0.458 e. The molecule has 1 spiro atoms. The van der Waals surface area contributed by atoms with E-state index < -0.39 is 34.8 Å². The fourth-order valence-electron chi connectivity index (χ4n) is 5.24. The number of benzene rings is 2. The molecule has 2 aliphatic rings. The van der Waals surface area contributed by atoms with E-state index in [1.807, 2.05) is 18.4 Å². The number of aromatic nitrogens is 1. The predicted molar refractivity (Wildman–Crippen MR) is 121 cm³/mol. The van der Waals surface area contributed by atoms with Gasteiger partial charge in [0.1, 0.15) is 0 Å². The highest BCUT2D eigenvalue weighted by Crippen LogP contribution is 2.49. The Hall–Kier alpha value is -3.03. The van der Waals surface area contributed by atoms with Crippen LogP contribution in [0.15, 0.2) is 24.3 Å². The molecular weight excluding hydrogens is 448 g/mol. The van der Waals surface area contributed by atoms with E-state index in [9.17, 15) is 22.4 Å². The lowest BCUT2D eigenvalue weighted by Gasteiger charge is -2.41. The first kappa shape index (κ1) is 22.7. The van der Waals surface area contributed by atoms with Gasteiger partial charge >= 0.3 is 0 Å². The van der Waals surface area contributed by atoms with E-state index in [0.29, 0.717) is 48.3 Å². The third-order valence-electron chi connectivity index (χ3n) is 6.97. The summed E-state index contributed by atoms with van der Waals surface area (Å²) in [7, 11) is 0. The minimum atomic E-state index is -1.49. The van der Waals surface area contributed by atoms with Gasteiger partial charge in [-0.1, -0.05) is 26.7 Å². The van der Waals surface area contributed by atoms with Gasteiger partial charge in [0.2, 0.25) is 11.5 Å². The second-order valence-corrected chi connectivity index (χ2v) is 9.07. The van der Waals surface area contributed by atoms with E-state index in [4.69, 9.17) is 4.74 Å². The summed E-state index contributed by atoms with van der Waals surface area (Å²) in [5.41, 5.74) is 0.169. The molecule has 5 rings (SSSR count). The Morgan fingerprint density at radius 3 is 2.29 bits per heavy atom. The zero-order valence-corrected chi connectivity index (χ0v) is 19.2. The molecular formula is C26H26F4N2O2. The van der Waals surface area contributed by atoms with Gasteiger partial charge < -0.3 is 14.2 Å². The summed E-state index contributed by atoms with van der Waals surface area (Å²) >= 11 is 0. The summed E-state index contributed by atoms with van der Waals surface area (Å²) in [5.74, 6) is -4.19. The lowest BCUT2D eigenvalue weighted by molar-refractivity contribution is 0.0377. The second-order valence-electron chi connectivity index (χ2n) is 9.07. The number of anilines is 1. The Labute approximate surface area is 195 Å². The zero-order chi connectivity index (χ0) is 24.2. The summed E-state index contributed by atoms with van der Waals surface area (Å²) in [4.78, 5) is 15.4. The first-order chi connectivity index (χ1) is 16.3. The van der Waals surface area contributed by atoms with Gasteiger partial charge in [0, 0.05) is 37.0 Å². The summed E-state index contributed by atoms with van der Waals surface area (Å²) < 4.78 is 65.1. The number of hydrogen-bond acceptors (Lipinski definition) is 3. The molecule has 0 fully saturated rings. The van der Waals surface area contributed by atoms with Crippen LogP contribution in [-0.4, -0.2) is 22.6 Å². The van der Waals surface area contributed by atoms with E-state index in [1.165, 1.54) is 6.07 Å². The molecule has 2 aliphatic heterocycles. The highest BCUT2D eigenvalue weighted by atomic mass is 19.2. The molecule has 1 aromatic heterocycles. The second kappa shape index (κ2) is 8.32. The van der Waals surface area contributed by atoms with Crippen molar-refractivity contribution in [3.8, 4) is 5.75 Å². The molecule has 8 heteroatoms. The van der Waals surface area contributed by atoms with Crippen LogP contribution in [-0.2, 0) is 13.0 Å². The normalized spacial score (nSPS) is 19.1. The third-order valence-corrected chi connectivity index (χ3v) is 6.97. The Bertz CT molecular complexity index is 1300. The van der Waals surface area contributed by atoms with Crippen LogP contribution in [0.3, 0.4) is 0 Å². The maximum absolute atomic E-state index is 14.3. The van der Waals surface area contributed by atoms with Crippen molar-refractivity contribution < 1.29 is 27.1 Å². The number of carbonyl (C=O) groups excluding carboxylic acids is 1. The largest absolute Gasteiger partial charge is 0.458 e. The Morgan fingerprint density at radius 1 is 0.912 bits per heavy atom. The number of rotatable bonds is 6. The van der Waals surface area contributed by atoms with Crippen LogP contribution >= 0.6 is 0 Å². The molecule has 0 saturated carbocycles. The van der Waals surface area contributed by atoms with Crippen molar-refractivity contribution in [1.82, 2.24) is 4.57 Å². The van der Waals surface area contributed by atoms with E-state index in [1.54, 1.807) is 4.90 Å². The Kier molecular flexibility index (Phi) is 5.57. The quantitative estimate of drug-likeness (QED) is 0.382. The van der Waals surface area contributed by atoms with Gasteiger partial charge in [0.25, 0.3) is 0 Å². The molecule has 3 aromatic rings. The standard InChI is InChI=1S/C26H26F4N2O2/c1-3-5-9-31-21-7-8-26(34-24(21)15-11-17(27)19(29)13-22(15)31)25(33)16-12-18(28)20(30)14-23(16)32(26)10-6-4-2/h11-14H,3-10H2,1-2H3. The van der Waals surface area contributed by atoms with E-state index in [0.717, 1.165) is 43.2 Å². The SMILES string of the molecule is CCCCN1c2cc(F)c(F)cc2C(=O)C12CCc1c(c3cc(F)c(F)cc3n1CCCC)O2. The number of halogens is 4. The number of unbranched alkanes of at least 4 members (excludes halogenated alkanes) is 2. The van der Waals surface area contributed by atoms with E-state index in [2.05, 4.69) is 0 Å². The van der Waals surface area contributed by atoms with Gasteiger partial charge in [0.05, 0.1) is 22.5 Å². The monoisotopic (exact) mass is 474 g/mol. The molecule has 180 valence electrons. The fraction of sp³-hybridized carbons (Fsp3) is 0.423. The average Bonchev–Trinajstić information content (AvgIpc) is 3.21. The highest BCUT2D eigenvalue weighted by molar-refractivity contribution is 6.13. The zero-order valence-electron chi connectivity index (χ0n) is 19.2. The molecule has 34 heavy (non-hydrogen) atoms. The molecule has 0 saturated heterocycles. The van der Waals surface area contributed by atoms with Gasteiger partial charge in [-0.3, -0.25) is 4.79 Å². The topological polar surface area (TPSA) is 34.5 Å². The number of ketones is 1. The maximum Gasteiger partial charge on any atom is 0.247 e. The van der Waals surface area contributed by atoms with Crippen LogP contribution in [0.1, 0.15) is 62.0 Å². The van der Waals surface area contributed by atoms with Gasteiger partial charge in [0.15, 0.2) is 29.0 Å². The van der Waals surface area contributed by atoms with Crippen molar-refractivity contribution in [3.63, 3.8) is 0 Å². The smallest absolute Gasteiger partial charge is 0.247 e. The van der Waals surface area contributed by atoms with Crippen LogP contribution in [0.2, 0.25) is 0 Å². The average molecular weight is 474 g/mol. The molecule has 0 radical (unpaired) electrons. The Balaban J connectivity index is 1.68. The van der Waals surface area contributed by atoms with Crippen molar-refractivity contribution in [2.45, 2.75) is 64.6 Å². The minimum absolute atomic E-state index is 0.0744. The number of carbonyl (C=O) groups is 1. The van der Waals surface area contributed by atoms with Crippen LogP contribution < -0.4 is 9.64 Å². The molecule has 0 aliphatic carbocycles. The first-order valence-corrected chi connectivity index (χ1v) is 11.8. The Morgan fingerprint density at radius 2 is 1.56 bits per heavy atom. The number of aryl methyl sites for hydroxylation is 1. The molecule has 0 amide bonds. The van der Waals surface area contributed by atoms with Crippen LogP contribution in [0, 0.1) is 23.3 Å². The van der Waals surface area contributed by atoms with Gasteiger partial charge in [-0.05, 0) is 31.4 Å². The number of fused-ring (bicyclic) bond motifs is 4. The molecule has 1 unspecified atom stereocenters. The number of ether oxygens (including phenoxy) is 1. The molecule has 2 aromatic carbocycles. The van der Waals surface area contributed by atoms with Gasteiger partial charge in [-0.25, -0.2) is 17.6 Å². The van der Waals surface area contributed by atoms with Crippen molar-refractivity contribution in [3.05, 3.63) is 58.8 Å². The predicted octanol–water partition coefficient (Wildman–Crippen LogP) is 6.52. The molecule has 3 heterocycles. The number of nitrogens with zero attached hydrogens (tertiary/aromatic N) is 2. The van der Waals surface area contributed by atoms with Crippen LogP contribution in [0.25, 0.3) is 10.9 Å².